The summed E-state index contributed by atoms with van der Waals surface area (Å²) in [6.45, 7) is 5.75. The summed E-state index contributed by atoms with van der Waals surface area (Å²) in [5.74, 6) is 0. The molecule has 100 valence electrons. The Kier molecular flexibility index (Phi) is 4.85. The van der Waals surface area contributed by atoms with Gasteiger partial charge in [-0.25, -0.2) is 0 Å². The van der Waals surface area contributed by atoms with Gasteiger partial charge in [-0.1, -0.05) is 48.3 Å². The van der Waals surface area contributed by atoms with Gasteiger partial charge in [0, 0.05) is 17.1 Å². The molecule has 1 aromatic carbocycles. The van der Waals surface area contributed by atoms with Gasteiger partial charge in [0.05, 0.1) is 0 Å². The third kappa shape index (κ3) is 3.58. The molecule has 0 bridgehead atoms. The van der Waals surface area contributed by atoms with E-state index in [0.717, 1.165) is 10.9 Å². The lowest BCUT2D eigenvalue weighted by molar-refractivity contribution is 0.384. The fourth-order valence-electron chi connectivity index (χ4n) is 2.75. The Labute approximate surface area is 119 Å². The van der Waals surface area contributed by atoms with Gasteiger partial charge in [0.1, 0.15) is 0 Å². The first-order valence-corrected chi connectivity index (χ1v) is 7.97. The minimum atomic E-state index is 0.507. The van der Waals surface area contributed by atoms with Crippen LogP contribution in [0.15, 0.2) is 28.7 Å². The van der Waals surface area contributed by atoms with Gasteiger partial charge in [-0.15, -0.1) is 0 Å². The third-order valence-corrected chi connectivity index (χ3v) is 4.67. The lowest BCUT2D eigenvalue weighted by Gasteiger charge is -2.22. The molecule has 0 radical (unpaired) electrons. The van der Waals surface area contributed by atoms with E-state index in [4.69, 9.17) is 0 Å². The molecule has 1 atom stereocenters. The van der Waals surface area contributed by atoms with Gasteiger partial charge in [0.15, 0.2) is 0 Å². The van der Waals surface area contributed by atoms with Crippen LogP contribution >= 0.6 is 15.9 Å². The van der Waals surface area contributed by atoms with E-state index in [1.807, 2.05) is 0 Å². The fourth-order valence-corrected chi connectivity index (χ4v) is 3.02. The zero-order chi connectivity index (χ0) is 13.0. The molecular weight excluding hydrogens is 286 g/mol. The number of rotatable bonds is 7. The first-order valence-electron chi connectivity index (χ1n) is 7.18. The highest BCUT2D eigenvalue weighted by Crippen LogP contribution is 2.49. The summed E-state index contributed by atoms with van der Waals surface area (Å²) in [6, 6.07) is 9.24. The van der Waals surface area contributed by atoms with E-state index in [2.05, 4.69) is 59.4 Å². The van der Waals surface area contributed by atoms with Gasteiger partial charge < -0.3 is 5.32 Å². The maximum absolute atomic E-state index is 3.78. The van der Waals surface area contributed by atoms with Gasteiger partial charge >= 0.3 is 0 Å². The SMILES string of the molecule is CCCC1(CNC(CC)c2ccc(Br)cc2)CC1. The van der Waals surface area contributed by atoms with Crippen LogP contribution in [0.3, 0.4) is 0 Å². The summed E-state index contributed by atoms with van der Waals surface area (Å²) >= 11 is 3.50. The highest BCUT2D eigenvalue weighted by Gasteiger charge is 2.41. The highest BCUT2D eigenvalue weighted by molar-refractivity contribution is 9.10. The summed E-state index contributed by atoms with van der Waals surface area (Å²) in [6.07, 6.45) is 6.70. The zero-order valence-corrected chi connectivity index (χ0v) is 13.1. The van der Waals surface area contributed by atoms with E-state index in [0.29, 0.717) is 11.5 Å². The fraction of sp³-hybridized carbons (Fsp3) is 0.625. The Hall–Kier alpha value is -0.340. The molecule has 1 N–H and O–H groups in total. The Bertz CT molecular complexity index is 367. The normalized spacial score (nSPS) is 18.6. The van der Waals surface area contributed by atoms with Crippen molar-refractivity contribution in [3.05, 3.63) is 34.3 Å². The summed E-state index contributed by atoms with van der Waals surface area (Å²) in [4.78, 5) is 0. The van der Waals surface area contributed by atoms with Crippen molar-refractivity contribution >= 4 is 15.9 Å². The van der Waals surface area contributed by atoms with Crippen molar-refractivity contribution in [2.24, 2.45) is 5.41 Å². The molecule has 0 amide bonds. The van der Waals surface area contributed by atoms with Gasteiger partial charge in [0.2, 0.25) is 0 Å². The molecule has 2 heteroatoms. The number of nitrogens with one attached hydrogen (secondary N) is 1. The van der Waals surface area contributed by atoms with E-state index in [1.165, 1.54) is 37.8 Å². The third-order valence-electron chi connectivity index (χ3n) is 4.14. The van der Waals surface area contributed by atoms with Gasteiger partial charge in [-0.2, -0.15) is 0 Å². The monoisotopic (exact) mass is 309 g/mol. The van der Waals surface area contributed by atoms with Crippen LogP contribution in [0.2, 0.25) is 0 Å². The first kappa shape index (κ1) is 14.1. The predicted molar refractivity (Wildman–Crippen MR) is 81.8 cm³/mol. The van der Waals surface area contributed by atoms with Crippen molar-refractivity contribution in [1.29, 1.82) is 0 Å². The molecule has 0 spiro atoms. The average molecular weight is 310 g/mol. The molecule has 1 aliphatic carbocycles. The van der Waals surface area contributed by atoms with Gasteiger partial charge in [-0.05, 0) is 48.8 Å². The van der Waals surface area contributed by atoms with E-state index in [-0.39, 0.29) is 0 Å². The number of hydrogen-bond donors (Lipinski definition) is 1. The Morgan fingerprint density at radius 2 is 1.89 bits per heavy atom. The smallest absolute Gasteiger partial charge is 0.0317 e. The summed E-state index contributed by atoms with van der Waals surface area (Å²) in [5, 5.41) is 3.78. The molecule has 1 unspecified atom stereocenters. The second-order valence-corrected chi connectivity index (χ2v) is 6.56. The van der Waals surface area contributed by atoms with Crippen LogP contribution in [0.5, 0.6) is 0 Å². The summed E-state index contributed by atoms with van der Waals surface area (Å²) in [7, 11) is 0. The molecule has 0 saturated heterocycles. The van der Waals surface area contributed by atoms with E-state index in [1.54, 1.807) is 0 Å². The van der Waals surface area contributed by atoms with Crippen molar-refractivity contribution in [1.82, 2.24) is 5.32 Å². The van der Waals surface area contributed by atoms with E-state index in [9.17, 15) is 0 Å². The molecule has 1 aromatic rings. The molecule has 1 aliphatic rings. The molecule has 18 heavy (non-hydrogen) atoms. The van der Waals surface area contributed by atoms with Crippen molar-refractivity contribution in [3.8, 4) is 0 Å². The molecule has 1 nitrogen and oxygen atoms in total. The molecule has 0 heterocycles. The van der Waals surface area contributed by atoms with Gasteiger partial charge in [0.25, 0.3) is 0 Å². The maximum Gasteiger partial charge on any atom is 0.0317 e. The zero-order valence-electron chi connectivity index (χ0n) is 11.5. The molecule has 2 rings (SSSR count). The van der Waals surface area contributed by atoms with Gasteiger partial charge in [-0.3, -0.25) is 0 Å². The molecule has 0 aliphatic heterocycles. The molecule has 1 fully saturated rings. The van der Waals surface area contributed by atoms with Crippen LogP contribution in [0, 0.1) is 5.41 Å². The Balaban J connectivity index is 1.91. The molecular formula is C16H24BrN. The van der Waals surface area contributed by atoms with Crippen LogP contribution in [-0.4, -0.2) is 6.54 Å². The van der Waals surface area contributed by atoms with Crippen molar-refractivity contribution < 1.29 is 0 Å². The van der Waals surface area contributed by atoms with Crippen LogP contribution < -0.4 is 5.32 Å². The van der Waals surface area contributed by atoms with Crippen molar-refractivity contribution in [2.45, 2.75) is 52.0 Å². The van der Waals surface area contributed by atoms with E-state index >= 15 is 0 Å². The Morgan fingerprint density at radius 1 is 1.22 bits per heavy atom. The Morgan fingerprint density at radius 3 is 2.39 bits per heavy atom. The highest BCUT2D eigenvalue weighted by atomic mass is 79.9. The van der Waals surface area contributed by atoms with E-state index < -0.39 is 0 Å². The predicted octanol–water partition coefficient (Wildman–Crippen LogP) is 5.07. The second kappa shape index (κ2) is 6.21. The summed E-state index contributed by atoms with van der Waals surface area (Å²) < 4.78 is 1.16. The lowest BCUT2D eigenvalue weighted by Crippen LogP contribution is -2.28. The average Bonchev–Trinajstić information content (AvgIpc) is 3.13. The van der Waals surface area contributed by atoms with Crippen molar-refractivity contribution in [2.75, 3.05) is 6.54 Å². The quantitative estimate of drug-likeness (QED) is 0.741. The van der Waals surface area contributed by atoms with Crippen molar-refractivity contribution in [3.63, 3.8) is 0 Å². The topological polar surface area (TPSA) is 12.0 Å². The lowest BCUT2D eigenvalue weighted by atomic mass is 9.98. The number of hydrogen-bond acceptors (Lipinski definition) is 1. The number of halogens is 1. The molecule has 1 saturated carbocycles. The van der Waals surface area contributed by atoms with Crippen LogP contribution in [-0.2, 0) is 0 Å². The summed E-state index contributed by atoms with van der Waals surface area (Å²) in [5.41, 5.74) is 2.05. The standard InChI is InChI=1S/C16H24BrN/c1-3-9-16(10-11-16)12-18-15(4-2)13-5-7-14(17)8-6-13/h5-8,15,18H,3-4,9-12H2,1-2H3. The second-order valence-electron chi connectivity index (χ2n) is 5.64. The van der Waals surface area contributed by atoms with Crippen LogP contribution in [0.4, 0.5) is 0 Å². The van der Waals surface area contributed by atoms with Crippen LogP contribution in [0.1, 0.15) is 57.6 Å². The largest absolute Gasteiger partial charge is 0.309 e. The molecule has 0 aromatic heterocycles. The minimum absolute atomic E-state index is 0.507. The number of benzene rings is 1. The minimum Gasteiger partial charge on any atom is -0.309 e. The maximum atomic E-state index is 3.78. The first-order chi connectivity index (χ1) is 8.69. The van der Waals surface area contributed by atoms with Crippen LogP contribution in [0.25, 0.3) is 0 Å².